The van der Waals surface area contributed by atoms with Gasteiger partial charge in [-0.05, 0) is 36.4 Å². The van der Waals surface area contributed by atoms with Gasteiger partial charge in [0.15, 0.2) is 0 Å². The maximum absolute atomic E-state index is 12.7. The van der Waals surface area contributed by atoms with Crippen LogP contribution in [0.2, 0.25) is 0 Å². The van der Waals surface area contributed by atoms with Crippen molar-refractivity contribution < 1.29 is 18.0 Å². The highest BCUT2D eigenvalue weighted by Gasteiger charge is 2.30. The van der Waals surface area contributed by atoms with Gasteiger partial charge in [0.05, 0.1) is 22.3 Å². The first kappa shape index (κ1) is 18.9. The van der Waals surface area contributed by atoms with E-state index in [1.165, 1.54) is 12.1 Å². The molecule has 0 saturated carbocycles. The number of benzene rings is 2. The Hall–Kier alpha value is -2.45. The molecule has 2 heterocycles. The number of para-hydroxylation sites is 1. The Kier molecular flexibility index (Phi) is 5.07. The lowest BCUT2D eigenvalue weighted by atomic mass is 10.1. The highest BCUT2D eigenvalue weighted by Crippen LogP contribution is 2.29. The molecule has 1 aliphatic heterocycles. The monoisotopic (exact) mass is 405 g/mol. The van der Waals surface area contributed by atoms with Gasteiger partial charge in [-0.15, -0.1) is 11.3 Å². The molecule has 0 spiro atoms. The van der Waals surface area contributed by atoms with Gasteiger partial charge in [0, 0.05) is 31.7 Å². The second-order valence-electron chi connectivity index (χ2n) is 6.72. The van der Waals surface area contributed by atoms with Gasteiger partial charge in [0.1, 0.15) is 5.01 Å². The predicted molar refractivity (Wildman–Crippen MR) is 102 cm³/mol. The lowest BCUT2D eigenvalue weighted by Crippen LogP contribution is -2.48. The van der Waals surface area contributed by atoms with Crippen molar-refractivity contribution in [1.82, 2.24) is 14.8 Å². The van der Waals surface area contributed by atoms with E-state index in [2.05, 4.69) is 16.0 Å². The highest BCUT2D eigenvalue weighted by molar-refractivity contribution is 7.18. The van der Waals surface area contributed by atoms with Crippen molar-refractivity contribution in [2.24, 2.45) is 0 Å². The van der Waals surface area contributed by atoms with Gasteiger partial charge in [-0.1, -0.05) is 12.1 Å². The lowest BCUT2D eigenvalue weighted by molar-refractivity contribution is -0.137. The van der Waals surface area contributed by atoms with Crippen LogP contribution < -0.4 is 0 Å². The summed E-state index contributed by atoms with van der Waals surface area (Å²) in [6, 6.07) is 12.4. The number of carbonyl (C=O) groups excluding carboxylic acids is 1. The Morgan fingerprint density at radius 2 is 1.68 bits per heavy atom. The van der Waals surface area contributed by atoms with Gasteiger partial charge in [0.2, 0.25) is 0 Å². The van der Waals surface area contributed by atoms with E-state index in [-0.39, 0.29) is 11.5 Å². The van der Waals surface area contributed by atoms with Crippen LogP contribution in [0.1, 0.15) is 20.9 Å². The molecule has 0 bridgehead atoms. The quantitative estimate of drug-likeness (QED) is 0.653. The highest BCUT2D eigenvalue weighted by atomic mass is 32.1. The van der Waals surface area contributed by atoms with Gasteiger partial charge >= 0.3 is 6.18 Å². The minimum atomic E-state index is -4.40. The molecule has 1 amide bonds. The first-order valence-corrected chi connectivity index (χ1v) is 9.75. The number of rotatable bonds is 3. The summed E-state index contributed by atoms with van der Waals surface area (Å²) < 4.78 is 39.1. The maximum atomic E-state index is 12.7. The van der Waals surface area contributed by atoms with Crippen LogP contribution in [0, 0.1) is 0 Å². The molecule has 3 aromatic rings. The third-order valence-corrected chi connectivity index (χ3v) is 5.84. The zero-order chi connectivity index (χ0) is 19.7. The maximum Gasteiger partial charge on any atom is 0.416 e. The van der Waals surface area contributed by atoms with E-state index in [0.29, 0.717) is 26.2 Å². The van der Waals surface area contributed by atoms with E-state index >= 15 is 0 Å². The zero-order valence-electron chi connectivity index (χ0n) is 14.9. The number of aromatic nitrogens is 1. The van der Waals surface area contributed by atoms with Gasteiger partial charge in [0.25, 0.3) is 5.91 Å². The Morgan fingerprint density at radius 3 is 2.32 bits per heavy atom. The number of hydrogen-bond donors (Lipinski definition) is 0. The van der Waals surface area contributed by atoms with E-state index in [0.717, 1.165) is 33.9 Å². The van der Waals surface area contributed by atoms with E-state index in [9.17, 15) is 18.0 Å². The molecule has 28 heavy (non-hydrogen) atoms. The fourth-order valence-corrected chi connectivity index (χ4v) is 4.28. The summed E-state index contributed by atoms with van der Waals surface area (Å²) in [5, 5.41) is 1.05. The van der Waals surface area contributed by atoms with Crippen LogP contribution in [0.25, 0.3) is 10.2 Å². The van der Waals surface area contributed by atoms with Crippen molar-refractivity contribution in [2.75, 3.05) is 26.2 Å². The van der Waals surface area contributed by atoms with Crippen molar-refractivity contribution in [3.8, 4) is 0 Å². The molecule has 8 heteroatoms. The van der Waals surface area contributed by atoms with Crippen LogP contribution >= 0.6 is 11.3 Å². The number of piperazine rings is 1. The van der Waals surface area contributed by atoms with E-state index in [1.807, 2.05) is 18.2 Å². The molecule has 4 rings (SSSR count). The van der Waals surface area contributed by atoms with Crippen LogP contribution in [0.5, 0.6) is 0 Å². The molecule has 1 fully saturated rings. The average molecular weight is 405 g/mol. The molecule has 0 aliphatic carbocycles. The molecular weight excluding hydrogens is 387 g/mol. The van der Waals surface area contributed by atoms with Crippen LogP contribution in [0.4, 0.5) is 13.2 Å². The summed E-state index contributed by atoms with van der Waals surface area (Å²) in [4.78, 5) is 21.1. The third-order valence-electron chi connectivity index (χ3n) is 4.82. The summed E-state index contributed by atoms with van der Waals surface area (Å²) in [6.45, 7) is 3.25. The Morgan fingerprint density at radius 1 is 1.00 bits per heavy atom. The third kappa shape index (κ3) is 4.02. The standard InChI is InChI=1S/C20H18F3N3OS/c21-20(22,23)15-7-5-14(6-8-15)19(27)26-11-9-25(10-12-26)13-18-24-16-3-1-2-4-17(16)28-18/h1-8H,9-13H2. The van der Waals surface area contributed by atoms with Gasteiger partial charge < -0.3 is 4.90 Å². The Labute approximate surface area is 164 Å². The van der Waals surface area contributed by atoms with Gasteiger partial charge in [-0.25, -0.2) is 4.98 Å². The van der Waals surface area contributed by atoms with Gasteiger partial charge in [-0.2, -0.15) is 13.2 Å². The number of halogens is 3. The Balaban J connectivity index is 1.35. The van der Waals surface area contributed by atoms with Crippen molar-refractivity contribution in [3.63, 3.8) is 0 Å². The number of thiazole rings is 1. The fourth-order valence-electron chi connectivity index (χ4n) is 3.27. The van der Waals surface area contributed by atoms with Crippen molar-refractivity contribution in [1.29, 1.82) is 0 Å². The van der Waals surface area contributed by atoms with Crippen LogP contribution in [0.3, 0.4) is 0 Å². The second-order valence-corrected chi connectivity index (χ2v) is 7.83. The minimum Gasteiger partial charge on any atom is -0.336 e. The fraction of sp³-hybridized carbons (Fsp3) is 0.300. The molecule has 0 radical (unpaired) electrons. The number of fused-ring (bicyclic) bond motifs is 1. The Bertz CT molecular complexity index is 943. The lowest BCUT2D eigenvalue weighted by Gasteiger charge is -2.34. The summed E-state index contributed by atoms with van der Waals surface area (Å²) in [5.41, 5.74) is 0.538. The van der Waals surface area contributed by atoms with Crippen LogP contribution in [-0.2, 0) is 12.7 Å². The molecule has 1 saturated heterocycles. The first-order valence-electron chi connectivity index (χ1n) is 8.93. The molecule has 146 valence electrons. The molecule has 1 aromatic heterocycles. The van der Waals surface area contributed by atoms with E-state index in [4.69, 9.17) is 0 Å². The molecule has 0 atom stereocenters. The number of amides is 1. The number of hydrogen-bond acceptors (Lipinski definition) is 4. The average Bonchev–Trinajstić information content (AvgIpc) is 3.10. The van der Waals surface area contributed by atoms with E-state index in [1.54, 1.807) is 16.2 Å². The van der Waals surface area contributed by atoms with Gasteiger partial charge in [-0.3, -0.25) is 9.69 Å². The molecule has 0 N–H and O–H groups in total. The summed E-state index contributed by atoms with van der Waals surface area (Å²) in [5.74, 6) is -0.228. The molecule has 4 nitrogen and oxygen atoms in total. The topological polar surface area (TPSA) is 36.4 Å². The largest absolute Gasteiger partial charge is 0.416 e. The number of alkyl halides is 3. The molecule has 0 unspecified atom stereocenters. The smallest absolute Gasteiger partial charge is 0.336 e. The molecule has 2 aromatic carbocycles. The summed E-state index contributed by atoms with van der Waals surface area (Å²) >= 11 is 1.67. The predicted octanol–water partition coefficient (Wildman–Crippen LogP) is 4.27. The SMILES string of the molecule is O=C(c1ccc(C(F)(F)F)cc1)N1CCN(Cc2nc3ccccc3s2)CC1. The number of carbonyl (C=O) groups is 1. The number of nitrogens with zero attached hydrogens (tertiary/aromatic N) is 3. The second kappa shape index (κ2) is 7.52. The van der Waals surface area contributed by atoms with Crippen molar-refractivity contribution in [2.45, 2.75) is 12.7 Å². The molecular formula is C20H18F3N3OS. The summed E-state index contributed by atoms with van der Waals surface area (Å²) in [7, 11) is 0. The summed E-state index contributed by atoms with van der Waals surface area (Å²) in [6.07, 6.45) is -4.40. The van der Waals surface area contributed by atoms with Crippen LogP contribution in [-0.4, -0.2) is 46.9 Å². The van der Waals surface area contributed by atoms with Crippen molar-refractivity contribution in [3.05, 3.63) is 64.7 Å². The zero-order valence-corrected chi connectivity index (χ0v) is 15.8. The first-order chi connectivity index (χ1) is 13.4. The van der Waals surface area contributed by atoms with E-state index < -0.39 is 11.7 Å². The van der Waals surface area contributed by atoms with Crippen molar-refractivity contribution >= 4 is 27.5 Å². The van der Waals surface area contributed by atoms with Crippen LogP contribution in [0.15, 0.2) is 48.5 Å². The minimum absolute atomic E-state index is 0.228. The normalized spacial score (nSPS) is 15.9. The molecule has 1 aliphatic rings.